The lowest BCUT2D eigenvalue weighted by molar-refractivity contribution is 0.995. The Balaban J connectivity index is 2.10. The minimum Gasteiger partial charge on any atom is -0.363 e. The molecule has 6 heteroatoms. The lowest BCUT2D eigenvalue weighted by Gasteiger charge is -2.10. The van der Waals surface area contributed by atoms with Gasteiger partial charge in [-0.2, -0.15) is 4.98 Å². The summed E-state index contributed by atoms with van der Waals surface area (Å²) in [7, 11) is 0. The van der Waals surface area contributed by atoms with Gasteiger partial charge in [0.25, 0.3) is 0 Å². The molecule has 0 aliphatic carbocycles. The van der Waals surface area contributed by atoms with Crippen LogP contribution < -0.4 is 10.6 Å². The van der Waals surface area contributed by atoms with Crippen LogP contribution in [-0.2, 0) is 6.54 Å². The topological polar surface area (TPSA) is 62.7 Å². The average Bonchev–Trinajstić information content (AvgIpc) is 2.41. The Kier molecular flexibility index (Phi) is 4.52. The van der Waals surface area contributed by atoms with Crippen molar-refractivity contribution >= 4 is 23.4 Å². The number of hydrogen-bond acceptors (Lipinski definition) is 5. The van der Waals surface area contributed by atoms with Crippen molar-refractivity contribution < 1.29 is 0 Å². The molecule has 2 aromatic rings. The van der Waals surface area contributed by atoms with E-state index < -0.39 is 0 Å². The van der Waals surface area contributed by atoms with Gasteiger partial charge in [-0.3, -0.25) is 4.98 Å². The monoisotopic (exact) mass is 277 g/mol. The fraction of sp³-hybridized carbons (Fsp3) is 0.308. The molecule has 19 heavy (non-hydrogen) atoms. The van der Waals surface area contributed by atoms with Gasteiger partial charge in [0.1, 0.15) is 5.02 Å². The van der Waals surface area contributed by atoms with E-state index in [0.717, 1.165) is 17.8 Å². The van der Waals surface area contributed by atoms with E-state index in [1.165, 1.54) is 0 Å². The van der Waals surface area contributed by atoms with Gasteiger partial charge in [-0.05, 0) is 25.5 Å². The molecule has 0 radical (unpaired) electrons. The molecule has 0 saturated heterocycles. The number of pyridine rings is 1. The molecule has 0 amide bonds. The number of anilines is 2. The highest BCUT2D eigenvalue weighted by molar-refractivity contribution is 6.32. The van der Waals surface area contributed by atoms with E-state index in [9.17, 15) is 0 Å². The van der Waals surface area contributed by atoms with Gasteiger partial charge in [-0.1, -0.05) is 17.7 Å². The first-order chi connectivity index (χ1) is 9.20. The summed E-state index contributed by atoms with van der Waals surface area (Å²) in [5, 5.41) is 6.73. The number of hydrogen-bond donors (Lipinski definition) is 2. The van der Waals surface area contributed by atoms with Gasteiger partial charge < -0.3 is 10.6 Å². The molecular formula is C13H16ClN5. The SMILES string of the molecule is CCNc1ncc(Cl)c(NCc2ncccc2C)n1. The fourth-order valence-electron chi connectivity index (χ4n) is 1.61. The summed E-state index contributed by atoms with van der Waals surface area (Å²) >= 11 is 6.07. The van der Waals surface area contributed by atoms with E-state index >= 15 is 0 Å². The van der Waals surface area contributed by atoms with Crippen LogP contribution in [-0.4, -0.2) is 21.5 Å². The second-order valence-electron chi connectivity index (χ2n) is 4.04. The van der Waals surface area contributed by atoms with Gasteiger partial charge in [0, 0.05) is 12.7 Å². The van der Waals surface area contributed by atoms with E-state index in [-0.39, 0.29) is 0 Å². The first-order valence-electron chi connectivity index (χ1n) is 6.11. The zero-order valence-corrected chi connectivity index (χ0v) is 11.7. The Morgan fingerprint density at radius 2 is 2.11 bits per heavy atom. The maximum Gasteiger partial charge on any atom is 0.224 e. The van der Waals surface area contributed by atoms with Gasteiger partial charge >= 0.3 is 0 Å². The van der Waals surface area contributed by atoms with Crippen molar-refractivity contribution in [1.82, 2.24) is 15.0 Å². The molecule has 0 aromatic carbocycles. The summed E-state index contributed by atoms with van der Waals surface area (Å²) in [5.41, 5.74) is 2.11. The first-order valence-corrected chi connectivity index (χ1v) is 6.49. The second kappa shape index (κ2) is 6.33. The van der Waals surface area contributed by atoms with Gasteiger partial charge in [0.2, 0.25) is 5.95 Å². The van der Waals surface area contributed by atoms with Crippen molar-refractivity contribution in [2.75, 3.05) is 17.2 Å². The highest BCUT2D eigenvalue weighted by Crippen LogP contribution is 2.20. The molecule has 100 valence electrons. The van der Waals surface area contributed by atoms with Crippen molar-refractivity contribution in [2.45, 2.75) is 20.4 Å². The molecule has 0 aliphatic heterocycles. The number of aryl methyl sites for hydroxylation is 1. The van der Waals surface area contributed by atoms with Crippen molar-refractivity contribution in [3.63, 3.8) is 0 Å². The summed E-state index contributed by atoms with van der Waals surface area (Å²) in [4.78, 5) is 12.7. The number of nitrogens with zero attached hydrogens (tertiary/aromatic N) is 3. The van der Waals surface area contributed by atoms with Crippen LogP contribution in [0, 0.1) is 6.92 Å². The van der Waals surface area contributed by atoms with E-state index in [1.54, 1.807) is 12.4 Å². The van der Waals surface area contributed by atoms with Crippen LogP contribution in [0.3, 0.4) is 0 Å². The van der Waals surface area contributed by atoms with Crippen molar-refractivity contribution in [2.24, 2.45) is 0 Å². The molecule has 0 bridgehead atoms. The molecule has 0 saturated carbocycles. The minimum absolute atomic E-state index is 0.496. The molecule has 2 rings (SSSR count). The summed E-state index contributed by atoms with van der Waals surface area (Å²) in [6.45, 7) is 5.35. The van der Waals surface area contributed by atoms with Crippen molar-refractivity contribution in [3.05, 3.63) is 40.8 Å². The second-order valence-corrected chi connectivity index (χ2v) is 4.45. The lowest BCUT2D eigenvalue weighted by atomic mass is 10.2. The lowest BCUT2D eigenvalue weighted by Crippen LogP contribution is -2.08. The number of halogens is 1. The molecule has 2 heterocycles. The Bertz CT molecular complexity index is 558. The van der Waals surface area contributed by atoms with E-state index in [0.29, 0.717) is 23.3 Å². The zero-order valence-electron chi connectivity index (χ0n) is 10.9. The zero-order chi connectivity index (χ0) is 13.7. The number of nitrogens with one attached hydrogen (secondary N) is 2. The largest absolute Gasteiger partial charge is 0.363 e. The molecule has 0 atom stereocenters. The van der Waals surface area contributed by atoms with Gasteiger partial charge in [-0.15, -0.1) is 0 Å². The van der Waals surface area contributed by atoms with Gasteiger partial charge in [0.05, 0.1) is 18.4 Å². The van der Waals surface area contributed by atoms with E-state index in [4.69, 9.17) is 11.6 Å². The van der Waals surface area contributed by atoms with Crippen LogP contribution in [0.2, 0.25) is 5.02 Å². The molecule has 5 nitrogen and oxygen atoms in total. The maximum atomic E-state index is 6.07. The Morgan fingerprint density at radius 1 is 1.26 bits per heavy atom. The summed E-state index contributed by atoms with van der Waals surface area (Å²) in [6, 6.07) is 3.94. The third kappa shape index (κ3) is 3.54. The Hall–Kier alpha value is -1.88. The molecule has 0 spiro atoms. The Labute approximate surface area is 117 Å². The first kappa shape index (κ1) is 13.5. The van der Waals surface area contributed by atoms with Crippen LogP contribution in [0.4, 0.5) is 11.8 Å². The van der Waals surface area contributed by atoms with E-state index in [1.807, 2.05) is 26.0 Å². The fourth-order valence-corrected chi connectivity index (χ4v) is 1.76. The highest BCUT2D eigenvalue weighted by Gasteiger charge is 2.06. The van der Waals surface area contributed by atoms with Gasteiger partial charge in [0.15, 0.2) is 5.82 Å². The standard InChI is InChI=1S/C13H16ClN5/c1-3-15-13-18-7-10(14)12(19-13)17-8-11-9(2)5-4-6-16-11/h4-7H,3,8H2,1-2H3,(H2,15,17,18,19). The molecule has 0 aliphatic rings. The summed E-state index contributed by atoms with van der Waals surface area (Å²) < 4.78 is 0. The average molecular weight is 278 g/mol. The Morgan fingerprint density at radius 3 is 2.84 bits per heavy atom. The maximum absolute atomic E-state index is 6.07. The third-order valence-electron chi connectivity index (χ3n) is 2.62. The number of rotatable bonds is 5. The normalized spacial score (nSPS) is 10.3. The smallest absolute Gasteiger partial charge is 0.224 e. The molecule has 2 aromatic heterocycles. The molecule has 2 N–H and O–H groups in total. The summed E-state index contributed by atoms with van der Waals surface area (Å²) in [5.74, 6) is 1.17. The van der Waals surface area contributed by atoms with Crippen LogP contribution in [0.25, 0.3) is 0 Å². The predicted molar refractivity (Wildman–Crippen MR) is 77.5 cm³/mol. The molecule has 0 unspecified atom stereocenters. The number of aromatic nitrogens is 3. The molecule has 0 fully saturated rings. The van der Waals surface area contributed by atoms with Crippen LogP contribution in [0.5, 0.6) is 0 Å². The molecular weight excluding hydrogens is 262 g/mol. The van der Waals surface area contributed by atoms with Crippen LogP contribution >= 0.6 is 11.6 Å². The third-order valence-corrected chi connectivity index (χ3v) is 2.90. The predicted octanol–water partition coefficient (Wildman–Crippen LogP) is 2.88. The summed E-state index contributed by atoms with van der Waals surface area (Å²) in [6.07, 6.45) is 3.36. The van der Waals surface area contributed by atoms with Crippen LogP contribution in [0.15, 0.2) is 24.5 Å². The highest BCUT2D eigenvalue weighted by atomic mass is 35.5. The van der Waals surface area contributed by atoms with Crippen LogP contribution in [0.1, 0.15) is 18.2 Å². The minimum atomic E-state index is 0.496. The van der Waals surface area contributed by atoms with E-state index in [2.05, 4.69) is 25.6 Å². The quantitative estimate of drug-likeness (QED) is 0.880. The van der Waals surface area contributed by atoms with Gasteiger partial charge in [-0.25, -0.2) is 4.98 Å². The van der Waals surface area contributed by atoms with Crippen molar-refractivity contribution in [3.8, 4) is 0 Å². The van der Waals surface area contributed by atoms with Crippen molar-refractivity contribution in [1.29, 1.82) is 0 Å².